The van der Waals surface area contributed by atoms with Gasteiger partial charge in [-0.3, -0.25) is 14.5 Å². The van der Waals surface area contributed by atoms with Crippen LogP contribution in [0.25, 0.3) is 0 Å². The van der Waals surface area contributed by atoms with Crippen LogP contribution in [0.2, 0.25) is 0 Å². The summed E-state index contributed by atoms with van der Waals surface area (Å²) in [5.41, 5.74) is 0.575. The van der Waals surface area contributed by atoms with Crippen molar-refractivity contribution in [2.75, 3.05) is 51.3 Å². The molecule has 0 spiro atoms. The SMILES string of the molecule is CCOc1ccccc1NC(=O)CC(=O)NCCN1CCOCC1. The summed E-state index contributed by atoms with van der Waals surface area (Å²) in [5.74, 6) is -0.0400. The number of nitrogens with one attached hydrogen (secondary N) is 2. The molecule has 1 heterocycles. The monoisotopic (exact) mass is 335 g/mol. The molecule has 7 nitrogen and oxygen atoms in total. The van der Waals surface area contributed by atoms with Crippen LogP contribution in [0, 0.1) is 0 Å². The second-order valence-electron chi connectivity index (χ2n) is 5.46. The van der Waals surface area contributed by atoms with E-state index in [1.165, 1.54) is 0 Å². The molecule has 1 aliphatic heterocycles. The summed E-state index contributed by atoms with van der Waals surface area (Å²) in [4.78, 5) is 26.1. The van der Waals surface area contributed by atoms with Crippen LogP contribution in [0.15, 0.2) is 24.3 Å². The average molecular weight is 335 g/mol. The van der Waals surface area contributed by atoms with E-state index in [-0.39, 0.29) is 18.2 Å². The van der Waals surface area contributed by atoms with Crippen LogP contribution in [0.1, 0.15) is 13.3 Å². The molecule has 0 bridgehead atoms. The van der Waals surface area contributed by atoms with E-state index in [0.29, 0.717) is 24.6 Å². The van der Waals surface area contributed by atoms with Gasteiger partial charge in [-0.15, -0.1) is 0 Å². The number of rotatable bonds is 8. The minimum Gasteiger partial charge on any atom is -0.492 e. The minimum absolute atomic E-state index is 0.205. The number of hydrogen-bond acceptors (Lipinski definition) is 5. The van der Waals surface area contributed by atoms with Crippen molar-refractivity contribution in [3.63, 3.8) is 0 Å². The number of benzene rings is 1. The highest BCUT2D eigenvalue weighted by atomic mass is 16.5. The molecule has 2 rings (SSSR count). The molecule has 0 aromatic heterocycles. The first-order chi connectivity index (χ1) is 11.7. The van der Waals surface area contributed by atoms with E-state index in [1.54, 1.807) is 18.2 Å². The first-order valence-corrected chi connectivity index (χ1v) is 8.27. The lowest BCUT2D eigenvalue weighted by Crippen LogP contribution is -2.41. The lowest BCUT2D eigenvalue weighted by Gasteiger charge is -2.26. The normalized spacial score (nSPS) is 14.9. The fourth-order valence-electron chi connectivity index (χ4n) is 2.43. The Bertz CT molecular complexity index is 544. The van der Waals surface area contributed by atoms with Crippen molar-refractivity contribution >= 4 is 17.5 Å². The maximum Gasteiger partial charge on any atom is 0.233 e. The highest BCUT2D eigenvalue weighted by Gasteiger charge is 2.13. The second-order valence-corrected chi connectivity index (χ2v) is 5.46. The molecular formula is C17H25N3O4. The van der Waals surface area contributed by atoms with Crippen molar-refractivity contribution in [1.82, 2.24) is 10.2 Å². The first kappa shape index (κ1) is 18.2. The topological polar surface area (TPSA) is 79.9 Å². The van der Waals surface area contributed by atoms with E-state index < -0.39 is 0 Å². The highest BCUT2D eigenvalue weighted by molar-refractivity contribution is 6.04. The number of para-hydroxylation sites is 2. The molecular weight excluding hydrogens is 310 g/mol. The lowest BCUT2D eigenvalue weighted by molar-refractivity contribution is -0.126. The van der Waals surface area contributed by atoms with Crippen molar-refractivity contribution in [2.45, 2.75) is 13.3 Å². The Labute approximate surface area is 142 Å². The summed E-state index contributed by atoms with van der Waals surface area (Å²) in [6.07, 6.45) is -0.205. The number of carbonyl (C=O) groups is 2. The zero-order valence-electron chi connectivity index (χ0n) is 14.0. The second kappa shape index (κ2) is 9.89. The molecule has 0 atom stereocenters. The van der Waals surface area contributed by atoms with Gasteiger partial charge >= 0.3 is 0 Å². The number of hydrogen-bond donors (Lipinski definition) is 2. The number of ether oxygens (including phenoxy) is 2. The van der Waals surface area contributed by atoms with Gasteiger partial charge in [-0.05, 0) is 19.1 Å². The molecule has 132 valence electrons. The third-order valence-electron chi connectivity index (χ3n) is 3.64. The first-order valence-electron chi connectivity index (χ1n) is 8.27. The Hall–Kier alpha value is -2.12. The standard InChI is InChI=1S/C17H25N3O4/c1-2-24-15-6-4-3-5-14(15)19-17(22)13-16(21)18-7-8-20-9-11-23-12-10-20/h3-6H,2,7-13H2,1H3,(H,18,21)(H,19,22). The minimum atomic E-state index is -0.356. The zero-order valence-corrected chi connectivity index (χ0v) is 14.0. The number of amides is 2. The van der Waals surface area contributed by atoms with Crippen molar-refractivity contribution < 1.29 is 19.1 Å². The Balaban J connectivity index is 1.70. The molecule has 1 aliphatic rings. The highest BCUT2D eigenvalue weighted by Crippen LogP contribution is 2.23. The quantitative estimate of drug-likeness (QED) is 0.689. The predicted octanol–water partition coefficient (Wildman–Crippen LogP) is 0.862. The van der Waals surface area contributed by atoms with Gasteiger partial charge in [0.25, 0.3) is 0 Å². The molecule has 7 heteroatoms. The van der Waals surface area contributed by atoms with E-state index in [1.807, 2.05) is 13.0 Å². The third kappa shape index (κ3) is 6.17. The summed E-state index contributed by atoms with van der Waals surface area (Å²) in [5, 5.41) is 5.49. The van der Waals surface area contributed by atoms with E-state index in [4.69, 9.17) is 9.47 Å². The molecule has 24 heavy (non-hydrogen) atoms. The molecule has 0 saturated carbocycles. The predicted molar refractivity (Wildman–Crippen MR) is 91.1 cm³/mol. The summed E-state index contributed by atoms with van der Waals surface area (Å²) in [7, 11) is 0. The van der Waals surface area contributed by atoms with Crippen LogP contribution in [-0.2, 0) is 14.3 Å². The molecule has 1 saturated heterocycles. The van der Waals surface area contributed by atoms with Crippen LogP contribution in [0.3, 0.4) is 0 Å². The molecule has 1 aromatic carbocycles. The van der Waals surface area contributed by atoms with Gasteiger partial charge in [0, 0.05) is 26.2 Å². The van der Waals surface area contributed by atoms with Gasteiger partial charge in [-0.2, -0.15) is 0 Å². The van der Waals surface area contributed by atoms with Crippen molar-refractivity contribution in [1.29, 1.82) is 0 Å². The zero-order chi connectivity index (χ0) is 17.2. The molecule has 2 amide bonds. The van der Waals surface area contributed by atoms with Gasteiger partial charge in [-0.25, -0.2) is 0 Å². The molecule has 0 unspecified atom stereocenters. The Morgan fingerprint density at radius 2 is 1.96 bits per heavy atom. The number of carbonyl (C=O) groups excluding carboxylic acids is 2. The fraction of sp³-hybridized carbons (Fsp3) is 0.529. The van der Waals surface area contributed by atoms with E-state index in [9.17, 15) is 9.59 Å². The summed E-state index contributed by atoms with van der Waals surface area (Å²) in [6.45, 7) is 6.90. The van der Waals surface area contributed by atoms with Crippen molar-refractivity contribution in [3.8, 4) is 5.75 Å². The third-order valence-corrected chi connectivity index (χ3v) is 3.64. The lowest BCUT2D eigenvalue weighted by atomic mass is 10.2. The molecule has 1 fully saturated rings. The Morgan fingerprint density at radius 1 is 1.21 bits per heavy atom. The fourth-order valence-corrected chi connectivity index (χ4v) is 2.43. The van der Waals surface area contributed by atoms with E-state index in [2.05, 4.69) is 15.5 Å². The van der Waals surface area contributed by atoms with Gasteiger partial charge in [0.15, 0.2) is 0 Å². The number of anilines is 1. The average Bonchev–Trinajstić information content (AvgIpc) is 2.58. The van der Waals surface area contributed by atoms with Gasteiger partial charge in [0.2, 0.25) is 11.8 Å². The van der Waals surface area contributed by atoms with Gasteiger partial charge in [0.1, 0.15) is 12.2 Å². The molecule has 0 aliphatic carbocycles. The van der Waals surface area contributed by atoms with Crippen LogP contribution >= 0.6 is 0 Å². The molecule has 1 aromatic rings. The number of nitrogens with zero attached hydrogens (tertiary/aromatic N) is 1. The van der Waals surface area contributed by atoms with Crippen LogP contribution in [0.5, 0.6) is 5.75 Å². The van der Waals surface area contributed by atoms with E-state index >= 15 is 0 Å². The van der Waals surface area contributed by atoms with Crippen LogP contribution in [0.4, 0.5) is 5.69 Å². The molecule has 0 radical (unpaired) electrons. The Kier molecular flexibility index (Phi) is 7.51. The van der Waals surface area contributed by atoms with Crippen LogP contribution < -0.4 is 15.4 Å². The summed E-state index contributed by atoms with van der Waals surface area (Å²) in [6, 6.07) is 7.17. The van der Waals surface area contributed by atoms with Crippen LogP contribution in [-0.4, -0.2) is 62.7 Å². The smallest absolute Gasteiger partial charge is 0.233 e. The van der Waals surface area contributed by atoms with Crippen molar-refractivity contribution in [2.24, 2.45) is 0 Å². The van der Waals surface area contributed by atoms with Gasteiger partial charge < -0.3 is 20.1 Å². The van der Waals surface area contributed by atoms with E-state index in [0.717, 1.165) is 32.8 Å². The largest absolute Gasteiger partial charge is 0.492 e. The van der Waals surface area contributed by atoms with Crippen molar-refractivity contribution in [3.05, 3.63) is 24.3 Å². The van der Waals surface area contributed by atoms with Gasteiger partial charge in [-0.1, -0.05) is 12.1 Å². The maximum absolute atomic E-state index is 12.0. The summed E-state index contributed by atoms with van der Waals surface area (Å²) < 4.78 is 10.7. The molecule has 2 N–H and O–H groups in total. The Morgan fingerprint density at radius 3 is 2.71 bits per heavy atom. The summed E-state index contributed by atoms with van der Waals surface area (Å²) >= 11 is 0. The number of morpholine rings is 1. The maximum atomic E-state index is 12.0. The van der Waals surface area contributed by atoms with Gasteiger partial charge in [0.05, 0.1) is 25.5 Å².